The maximum atomic E-state index is 10.3. The maximum Gasteiger partial charge on any atom is 0.303 e. The van der Waals surface area contributed by atoms with Gasteiger partial charge < -0.3 is 15.3 Å². The van der Waals surface area contributed by atoms with Crippen LogP contribution in [-0.2, 0) is 11.2 Å². The first kappa shape index (κ1) is 15.5. The minimum absolute atomic E-state index is 0.120. The lowest BCUT2D eigenvalue weighted by Crippen LogP contribution is -2.07. The second-order valence-electron chi connectivity index (χ2n) is 4.81. The second-order valence-corrected chi connectivity index (χ2v) is 4.81. The number of aliphatic hydroxyl groups is 1. The van der Waals surface area contributed by atoms with Gasteiger partial charge in [0.25, 0.3) is 0 Å². The number of benzene rings is 1. The van der Waals surface area contributed by atoms with Gasteiger partial charge in [-0.2, -0.15) is 0 Å². The predicted molar refractivity (Wildman–Crippen MR) is 73.2 cm³/mol. The first-order valence-electron chi connectivity index (χ1n) is 6.76. The number of hydrogen-bond donors (Lipinski definition) is 3. The van der Waals surface area contributed by atoms with Crippen LogP contribution in [0.2, 0.25) is 0 Å². The molecule has 0 aliphatic heterocycles. The number of aliphatic carboxylic acids is 1. The fraction of sp³-hybridized carbons (Fsp3) is 0.533. The van der Waals surface area contributed by atoms with Crippen LogP contribution >= 0.6 is 0 Å². The predicted octanol–water partition coefficient (Wildman–Crippen LogP) is 2.72. The Morgan fingerprint density at radius 1 is 1.11 bits per heavy atom. The Kier molecular flexibility index (Phi) is 6.97. The summed E-state index contributed by atoms with van der Waals surface area (Å²) < 4.78 is 0. The number of para-hydroxylation sites is 1. The third kappa shape index (κ3) is 6.82. The number of phenols is 1. The summed E-state index contributed by atoms with van der Waals surface area (Å²) in [5.41, 5.74) is 0.933. The summed E-state index contributed by atoms with van der Waals surface area (Å²) in [6.45, 7) is 0. The van der Waals surface area contributed by atoms with Crippen LogP contribution in [-0.4, -0.2) is 27.4 Å². The molecule has 0 saturated carbocycles. The zero-order chi connectivity index (χ0) is 14.1. The van der Waals surface area contributed by atoms with Crippen LogP contribution in [0.15, 0.2) is 24.3 Å². The van der Waals surface area contributed by atoms with Crippen LogP contribution < -0.4 is 0 Å². The van der Waals surface area contributed by atoms with E-state index >= 15 is 0 Å². The Morgan fingerprint density at radius 3 is 2.47 bits per heavy atom. The lowest BCUT2D eigenvalue weighted by Gasteiger charge is -2.09. The van der Waals surface area contributed by atoms with Crippen molar-refractivity contribution in [2.75, 3.05) is 0 Å². The molecule has 1 aromatic carbocycles. The zero-order valence-corrected chi connectivity index (χ0v) is 11.1. The van der Waals surface area contributed by atoms with Gasteiger partial charge in [-0.1, -0.05) is 24.6 Å². The number of hydrogen-bond acceptors (Lipinski definition) is 3. The molecular formula is C15H22O4. The smallest absolute Gasteiger partial charge is 0.303 e. The molecule has 4 heteroatoms. The summed E-state index contributed by atoms with van der Waals surface area (Å²) in [4.78, 5) is 10.3. The SMILES string of the molecule is O=C(O)CCC[C@H](O)CCCCc1ccccc1O. The van der Waals surface area contributed by atoms with Gasteiger partial charge in [-0.05, 0) is 43.7 Å². The van der Waals surface area contributed by atoms with E-state index in [0.29, 0.717) is 25.0 Å². The molecule has 3 N–H and O–H groups in total. The van der Waals surface area contributed by atoms with Crippen molar-refractivity contribution in [3.8, 4) is 5.75 Å². The average Bonchev–Trinajstić information content (AvgIpc) is 2.36. The van der Waals surface area contributed by atoms with Crippen LogP contribution in [0.5, 0.6) is 5.75 Å². The standard InChI is InChI=1S/C15H22O4/c16-13(9-5-11-15(18)19)8-3-1-6-12-7-2-4-10-14(12)17/h2,4,7,10,13,16-17H,1,3,5-6,8-9,11H2,(H,18,19)/t13-/m1/s1. The van der Waals surface area contributed by atoms with Gasteiger partial charge in [-0.25, -0.2) is 0 Å². The lowest BCUT2D eigenvalue weighted by molar-refractivity contribution is -0.137. The molecule has 0 amide bonds. The van der Waals surface area contributed by atoms with Gasteiger partial charge in [0, 0.05) is 6.42 Å². The van der Waals surface area contributed by atoms with Gasteiger partial charge in [0.15, 0.2) is 0 Å². The van der Waals surface area contributed by atoms with Crippen molar-refractivity contribution in [1.82, 2.24) is 0 Å². The van der Waals surface area contributed by atoms with Crippen LogP contribution in [0.4, 0.5) is 0 Å². The Morgan fingerprint density at radius 2 is 1.79 bits per heavy atom. The Hall–Kier alpha value is -1.55. The largest absolute Gasteiger partial charge is 0.508 e. The molecule has 19 heavy (non-hydrogen) atoms. The molecule has 0 spiro atoms. The molecule has 0 fully saturated rings. The van der Waals surface area contributed by atoms with Crippen molar-refractivity contribution in [2.24, 2.45) is 0 Å². The molecule has 0 aliphatic rings. The first-order valence-corrected chi connectivity index (χ1v) is 6.76. The van der Waals surface area contributed by atoms with Crippen LogP contribution in [0, 0.1) is 0 Å². The fourth-order valence-corrected chi connectivity index (χ4v) is 2.05. The van der Waals surface area contributed by atoms with E-state index in [0.717, 1.165) is 24.8 Å². The summed E-state index contributed by atoms with van der Waals surface area (Å²) in [5, 5.41) is 27.7. The number of aryl methyl sites for hydroxylation is 1. The van der Waals surface area contributed by atoms with Crippen molar-refractivity contribution in [1.29, 1.82) is 0 Å². The van der Waals surface area contributed by atoms with Gasteiger partial charge in [0.2, 0.25) is 0 Å². The molecule has 1 atom stereocenters. The Balaban J connectivity index is 2.10. The quantitative estimate of drug-likeness (QED) is 0.600. The highest BCUT2D eigenvalue weighted by molar-refractivity contribution is 5.66. The normalized spacial score (nSPS) is 12.3. The first-order chi connectivity index (χ1) is 9.09. The van der Waals surface area contributed by atoms with Gasteiger partial charge in [-0.3, -0.25) is 4.79 Å². The average molecular weight is 266 g/mol. The molecule has 0 saturated heterocycles. The highest BCUT2D eigenvalue weighted by atomic mass is 16.4. The summed E-state index contributed by atoms with van der Waals surface area (Å²) in [6.07, 6.45) is 4.05. The van der Waals surface area contributed by atoms with Crippen molar-refractivity contribution in [3.05, 3.63) is 29.8 Å². The summed E-state index contributed by atoms with van der Waals surface area (Å²) in [5.74, 6) is -0.490. The number of rotatable bonds is 9. The van der Waals surface area contributed by atoms with Gasteiger partial charge in [-0.15, -0.1) is 0 Å². The summed E-state index contributed by atoms with van der Waals surface area (Å²) in [6, 6.07) is 7.27. The third-order valence-corrected chi connectivity index (χ3v) is 3.15. The number of carbonyl (C=O) groups is 1. The molecule has 1 rings (SSSR count). The molecule has 1 aromatic rings. The van der Waals surface area contributed by atoms with Crippen molar-refractivity contribution in [2.45, 2.75) is 51.0 Å². The van der Waals surface area contributed by atoms with Crippen molar-refractivity contribution < 1.29 is 20.1 Å². The van der Waals surface area contributed by atoms with Crippen LogP contribution in [0.1, 0.15) is 44.1 Å². The minimum atomic E-state index is -0.813. The Bertz CT molecular complexity index is 389. The van der Waals surface area contributed by atoms with Crippen LogP contribution in [0.3, 0.4) is 0 Å². The van der Waals surface area contributed by atoms with Crippen molar-refractivity contribution >= 4 is 5.97 Å². The molecule has 0 radical (unpaired) electrons. The molecule has 0 aromatic heterocycles. The maximum absolute atomic E-state index is 10.3. The van der Waals surface area contributed by atoms with E-state index in [1.807, 2.05) is 12.1 Å². The van der Waals surface area contributed by atoms with E-state index in [4.69, 9.17) is 5.11 Å². The molecule has 0 unspecified atom stereocenters. The number of unbranched alkanes of at least 4 members (excludes halogenated alkanes) is 1. The monoisotopic (exact) mass is 266 g/mol. The summed E-state index contributed by atoms with van der Waals surface area (Å²) >= 11 is 0. The topological polar surface area (TPSA) is 77.8 Å². The number of aliphatic hydroxyl groups excluding tert-OH is 1. The molecular weight excluding hydrogens is 244 g/mol. The van der Waals surface area contributed by atoms with E-state index in [1.165, 1.54) is 0 Å². The van der Waals surface area contributed by atoms with E-state index in [2.05, 4.69) is 0 Å². The highest BCUT2D eigenvalue weighted by Crippen LogP contribution is 2.19. The van der Waals surface area contributed by atoms with Gasteiger partial charge in [0.05, 0.1) is 6.10 Å². The molecule has 0 aliphatic carbocycles. The zero-order valence-electron chi connectivity index (χ0n) is 11.1. The Labute approximate surface area is 113 Å². The number of carboxylic acids is 1. The lowest BCUT2D eigenvalue weighted by atomic mass is 10.0. The molecule has 0 heterocycles. The molecule has 106 valence electrons. The van der Waals surface area contributed by atoms with E-state index < -0.39 is 12.1 Å². The van der Waals surface area contributed by atoms with E-state index in [9.17, 15) is 15.0 Å². The molecule has 0 bridgehead atoms. The number of carboxylic acid groups (broad SMARTS) is 1. The third-order valence-electron chi connectivity index (χ3n) is 3.15. The van der Waals surface area contributed by atoms with Crippen molar-refractivity contribution in [3.63, 3.8) is 0 Å². The van der Waals surface area contributed by atoms with Gasteiger partial charge >= 0.3 is 5.97 Å². The minimum Gasteiger partial charge on any atom is -0.508 e. The second kappa shape index (κ2) is 8.53. The number of phenolic OH excluding ortho intramolecular Hbond substituents is 1. The van der Waals surface area contributed by atoms with Crippen LogP contribution in [0.25, 0.3) is 0 Å². The highest BCUT2D eigenvalue weighted by Gasteiger charge is 2.06. The number of aromatic hydroxyl groups is 1. The fourth-order valence-electron chi connectivity index (χ4n) is 2.05. The van der Waals surface area contributed by atoms with Gasteiger partial charge in [0.1, 0.15) is 5.75 Å². The van der Waals surface area contributed by atoms with E-state index in [1.54, 1.807) is 12.1 Å². The molecule has 4 nitrogen and oxygen atoms in total. The summed E-state index contributed by atoms with van der Waals surface area (Å²) in [7, 11) is 0. The van der Waals surface area contributed by atoms with E-state index in [-0.39, 0.29) is 6.42 Å².